The molecule has 32 heavy (non-hydrogen) atoms. The van der Waals surface area contributed by atoms with Crippen LogP contribution >= 0.6 is 11.6 Å². The van der Waals surface area contributed by atoms with E-state index in [2.05, 4.69) is 4.99 Å². The van der Waals surface area contributed by atoms with E-state index in [0.717, 1.165) is 17.0 Å². The molecule has 8 heteroatoms. The number of alkyl halides is 3. The minimum absolute atomic E-state index is 0.00754. The van der Waals surface area contributed by atoms with Gasteiger partial charge in [0, 0.05) is 28.8 Å². The van der Waals surface area contributed by atoms with Crippen molar-refractivity contribution in [2.45, 2.75) is 12.2 Å². The van der Waals surface area contributed by atoms with Crippen LogP contribution in [-0.2, 0) is 11.0 Å². The summed E-state index contributed by atoms with van der Waals surface area (Å²) in [6.07, 6.45) is -4.60. The first-order valence-electron chi connectivity index (χ1n) is 9.59. The Hall–Kier alpha value is -3.45. The number of benzene rings is 3. The fraction of sp³-hybridized carbons (Fsp3) is 0.125. The van der Waals surface area contributed by atoms with Crippen LogP contribution in [0.2, 0.25) is 5.02 Å². The maximum Gasteiger partial charge on any atom is 0.416 e. The van der Waals surface area contributed by atoms with Crippen molar-refractivity contribution in [2.24, 2.45) is 4.99 Å². The van der Waals surface area contributed by atoms with Crippen LogP contribution in [0, 0.1) is 0 Å². The van der Waals surface area contributed by atoms with Crippen LogP contribution in [0.15, 0.2) is 77.8 Å². The molecule has 0 spiro atoms. The van der Waals surface area contributed by atoms with Crippen molar-refractivity contribution >= 4 is 34.7 Å². The molecule has 1 aliphatic rings. The van der Waals surface area contributed by atoms with Crippen molar-refractivity contribution in [3.05, 3.63) is 100 Å². The average molecular weight is 457 g/mol. The third-order valence-corrected chi connectivity index (χ3v) is 5.53. The molecule has 0 saturated carbocycles. The van der Waals surface area contributed by atoms with Crippen LogP contribution in [0.1, 0.15) is 27.0 Å². The molecular formula is C24H16ClF3N2O2. The number of carbonyl (C=O) groups excluding carboxylic acids is 2. The first-order valence-corrected chi connectivity index (χ1v) is 9.97. The lowest BCUT2D eigenvalue weighted by Crippen LogP contribution is -2.39. The molecule has 4 nitrogen and oxygen atoms in total. The number of benzodiazepines with no additional fused rings is 1. The van der Waals surface area contributed by atoms with Crippen molar-refractivity contribution in [3.8, 4) is 0 Å². The second-order valence-electron chi connectivity index (χ2n) is 7.22. The molecule has 0 fully saturated rings. The molecule has 0 bridgehead atoms. The molecular weight excluding hydrogens is 441 g/mol. The Bertz CT molecular complexity index is 1240. The molecule has 1 amide bonds. The number of likely N-dealkylation sites (N-methyl/N-ethyl adjacent to an activating group) is 1. The van der Waals surface area contributed by atoms with Gasteiger partial charge in [-0.2, -0.15) is 13.2 Å². The van der Waals surface area contributed by atoms with E-state index in [1.165, 1.54) is 13.1 Å². The second-order valence-corrected chi connectivity index (χ2v) is 7.62. The average Bonchev–Trinajstić information content (AvgIpc) is 2.89. The SMILES string of the molecule is CN1C(=O)C(C(=O)c2ccccc2)N=C(c2ccccc2Cl)c2ccc(C(F)(F)F)cc21. The number of amides is 1. The lowest BCUT2D eigenvalue weighted by molar-refractivity contribution is -0.137. The van der Waals surface area contributed by atoms with Gasteiger partial charge in [0.05, 0.1) is 17.0 Å². The van der Waals surface area contributed by atoms with Gasteiger partial charge in [-0.3, -0.25) is 14.6 Å². The summed E-state index contributed by atoms with van der Waals surface area (Å²) >= 11 is 6.35. The standard InChI is InChI=1S/C24H16ClF3N2O2/c1-30-19-13-15(24(26,27)28)11-12-17(19)20(16-9-5-6-10-18(16)25)29-21(23(30)32)22(31)14-7-3-2-4-8-14/h2-13,21H,1H3. The zero-order chi connectivity index (χ0) is 23.0. The number of anilines is 1. The molecule has 1 atom stereocenters. The number of hydrogen-bond donors (Lipinski definition) is 0. The van der Waals surface area contributed by atoms with E-state index in [9.17, 15) is 22.8 Å². The first kappa shape index (κ1) is 21.8. The highest BCUT2D eigenvalue weighted by Gasteiger charge is 2.38. The van der Waals surface area contributed by atoms with Crippen LogP contribution in [0.5, 0.6) is 0 Å². The maximum absolute atomic E-state index is 13.4. The third-order valence-electron chi connectivity index (χ3n) is 5.20. The minimum Gasteiger partial charge on any atom is -0.313 e. The van der Waals surface area contributed by atoms with Crippen LogP contribution in [0.3, 0.4) is 0 Å². The number of nitrogens with zero attached hydrogens (tertiary/aromatic N) is 2. The zero-order valence-electron chi connectivity index (χ0n) is 16.7. The first-order chi connectivity index (χ1) is 15.2. The van der Waals surface area contributed by atoms with Gasteiger partial charge in [-0.25, -0.2) is 0 Å². The normalized spacial score (nSPS) is 16.3. The van der Waals surface area contributed by atoms with Gasteiger partial charge in [0.15, 0.2) is 11.8 Å². The molecule has 1 heterocycles. The Labute approximate surface area is 187 Å². The highest BCUT2D eigenvalue weighted by Crippen LogP contribution is 2.36. The largest absolute Gasteiger partial charge is 0.416 e. The number of aliphatic imine (C=N–C) groups is 1. The topological polar surface area (TPSA) is 49.7 Å². The Morgan fingerprint density at radius 3 is 2.28 bits per heavy atom. The molecule has 4 rings (SSSR count). The molecule has 0 aromatic heterocycles. The Kier molecular flexibility index (Phi) is 5.60. The van der Waals surface area contributed by atoms with Crippen molar-refractivity contribution in [3.63, 3.8) is 0 Å². The Balaban J connectivity index is 1.96. The maximum atomic E-state index is 13.4. The number of hydrogen-bond acceptors (Lipinski definition) is 3. The van der Waals surface area contributed by atoms with Crippen LogP contribution in [0.4, 0.5) is 18.9 Å². The van der Waals surface area contributed by atoms with Crippen molar-refractivity contribution in [1.29, 1.82) is 0 Å². The summed E-state index contributed by atoms with van der Waals surface area (Å²) in [4.78, 5) is 31.9. The van der Waals surface area contributed by atoms with E-state index in [4.69, 9.17) is 11.6 Å². The minimum atomic E-state index is -4.60. The van der Waals surface area contributed by atoms with E-state index in [1.807, 2.05) is 0 Å². The Morgan fingerprint density at radius 2 is 1.62 bits per heavy atom. The van der Waals surface area contributed by atoms with Crippen molar-refractivity contribution in [1.82, 2.24) is 0 Å². The molecule has 162 valence electrons. The van der Waals surface area contributed by atoms with Crippen molar-refractivity contribution < 1.29 is 22.8 Å². The molecule has 0 aliphatic carbocycles. The van der Waals surface area contributed by atoms with Gasteiger partial charge in [-0.1, -0.05) is 66.2 Å². The smallest absolute Gasteiger partial charge is 0.313 e. The fourth-order valence-corrected chi connectivity index (χ4v) is 3.77. The number of fused-ring (bicyclic) bond motifs is 1. The number of halogens is 4. The van der Waals surface area contributed by atoms with Gasteiger partial charge in [0.1, 0.15) is 0 Å². The zero-order valence-corrected chi connectivity index (χ0v) is 17.5. The summed E-state index contributed by atoms with van der Waals surface area (Å²) in [6, 6.07) is 16.4. The van der Waals surface area contributed by atoms with Gasteiger partial charge in [0.2, 0.25) is 0 Å². The lowest BCUT2D eigenvalue weighted by atomic mass is 9.98. The van der Waals surface area contributed by atoms with Crippen LogP contribution in [0.25, 0.3) is 0 Å². The van der Waals surface area contributed by atoms with Gasteiger partial charge in [0.25, 0.3) is 5.91 Å². The molecule has 1 aliphatic heterocycles. The fourth-order valence-electron chi connectivity index (χ4n) is 3.54. The van der Waals surface area contributed by atoms with Gasteiger partial charge in [-0.15, -0.1) is 0 Å². The monoisotopic (exact) mass is 456 g/mol. The van der Waals surface area contributed by atoms with Gasteiger partial charge < -0.3 is 4.90 Å². The predicted molar refractivity (Wildman–Crippen MR) is 117 cm³/mol. The number of carbonyl (C=O) groups is 2. The number of ketones is 1. The number of rotatable bonds is 3. The molecule has 3 aromatic carbocycles. The van der Waals surface area contributed by atoms with Gasteiger partial charge in [-0.05, 0) is 18.2 Å². The predicted octanol–water partition coefficient (Wildman–Crippen LogP) is 5.42. The van der Waals surface area contributed by atoms with E-state index >= 15 is 0 Å². The molecule has 1 unspecified atom stereocenters. The van der Waals surface area contributed by atoms with Gasteiger partial charge >= 0.3 is 6.18 Å². The van der Waals surface area contributed by atoms with E-state index < -0.39 is 29.5 Å². The van der Waals surface area contributed by atoms with E-state index in [1.54, 1.807) is 54.6 Å². The second kappa shape index (κ2) is 8.24. The molecule has 0 radical (unpaired) electrons. The number of Topliss-reactive ketones (excluding diaryl/α,β-unsaturated/α-hetero) is 1. The van der Waals surface area contributed by atoms with Crippen molar-refractivity contribution in [2.75, 3.05) is 11.9 Å². The van der Waals surface area contributed by atoms with Crippen LogP contribution in [-0.4, -0.2) is 30.5 Å². The molecule has 3 aromatic rings. The summed E-state index contributed by atoms with van der Waals surface area (Å²) < 4.78 is 40.2. The molecule has 0 N–H and O–H groups in total. The highest BCUT2D eigenvalue weighted by atomic mass is 35.5. The Morgan fingerprint density at radius 1 is 0.969 bits per heavy atom. The summed E-state index contributed by atoms with van der Waals surface area (Å²) in [7, 11) is 1.33. The third kappa shape index (κ3) is 3.91. The summed E-state index contributed by atoms with van der Waals surface area (Å²) in [5, 5.41) is 0.292. The summed E-state index contributed by atoms with van der Waals surface area (Å²) in [5.74, 6) is -1.29. The van der Waals surface area contributed by atoms with Crippen LogP contribution < -0.4 is 4.90 Å². The quantitative estimate of drug-likeness (QED) is 0.390. The molecule has 0 saturated heterocycles. The summed E-state index contributed by atoms with van der Waals surface area (Å²) in [6.45, 7) is 0. The summed E-state index contributed by atoms with van der Waals surface area (Å²) in [5.41, 5.74) is 0.193. The lowest BCUT2D eigenvalue weighted by Gasteiger charge is -2.21. The highest BCUT2D eigenvalue weighted by molar-refractivity contribution is 6.36. The van der Waals surface area contributed by atoms with E-state index in [-0.39, 0.29) is 22.5 Å². The van der Waals surface area contributed by atoms with E-state index in [0.29, 0.717) is 10.6 Å².